The first kappa shape index (κ1) is 12.7. The molecule has 0 spiro atoms. The van der Waals surface area contributed by atoms with Crippen LogP contribution in [0.4, 0.5) is 0 Å². The van der Waals surface area contributed by atoms with Crippen LogP contribution in [0.5, 0.6) is 0 Å². The molecule has 104 valence electrons. The van der Waals surface area contributed by atoms with E-state index in [1.54, 1.807) is 0 Å². The quantitative estimate of drug-likeness (QED) is 0.772. The molecule has 1 aliphatic heterocycles. The van der Waals surface area contributed by atoms with Crippen molar-refractivity contribution in [2.45, 2.75) is 32.4 Å². The van der Waals surface area contributed by atoms with E-state index in [4.69, 9.17) is 4.74 Å². The van der Waals surface area contributed by atoms with Crippen LogP contribution in [0.1, 0.15) is 31.5 Å². The minimum Gasteiger partial charge on any atom is -0.469 e. The lowest BCUT2D eigenvalue weighted by molar-refractivity contribution is -0.146. The highest BCUT2D eigenvalue weighted by Crippen LogP contribution is 2.36. The van der Waals surface area contributed by atoms with Gasteiger partial charge in [-0.25, -0.2) is 4.98 Å². The van der Waals surface area contributed by atoms with E-state index >= 15 is 0 Å². The molecule has 0 bridgehead atoms. The summed E-state index contributed by atoms with van der Waals surface area (Å²) >= 11 is 0. The SMILES string of the molecule is COC(=O)C1CN(Cc2cncn2C2CC2)CC1C. The third kappa shape index (κ3) is 2.52. The molecule has 2 heterocycles. The Morgan fingerprint density at radius 2 is 2.26 bits per heavy atom. The molecular formula is C14H21N3O2. The maximum absolute atomic E-state index is 11.7. The molecule has 2 unspecified atom stereocenters. The van der Waals surface area contributed by atoms with Crippen LogP contribution in [-0.4, -0.2) is 40.6 Å². The Labute approximate surface area is 113 Å². The molecule has 1 aromatic rings. The number of carbonyl (C=O) groups excluding carboxylic acids is 1. The molecule has 0 amide bonds. The summed E-state index contributed by atoms with van der Waals surface area (Å²) in [5.41, 5.74) is 1.26. The van der Waals surface area contributed by atoms with Crippen LogP contribution in [-0.2, 0) is 16.1 Å². The monoisotopic (exact) mass is 263 g/mol. The highest BCUT2D eigenvalue weighted by Gasteiger charge is 2.36. The summed E-state index contributed by atoms with van der Waals surface area (Å²) in [6.07, 6.45) is 6.42. The molecule has 0 radical (unpaired) electrons. The summed E-state index contributed by atoms with van der Waals surface area (Å²) in [7, 11) is 1.47. The average molecular weight is 263 g/mol. The Kier molecular flexibility index (Phi) is 3.31. The third-order valence-corrected chi connectivity index (χ3v) is 4.26. The van der Waals surface area contributed by atoms with Crippen LogP contribution in [0.25, 0.3) is 0 Å². The summed E-state index contributed by atoms with van der Waals surface area (Å²) in [5, 5.41) is 0. The van der Waals surface area contributed by atoms with Gasteiger partial charge in [0.1, 0.15) is 0 Å². The van der Waals surface area contributed by atoms with Gasteiger partial charge in [-0.05, 0) is 18.8 Å². The predicted octanol–water partition coefficient (Wildman–Crippen LogP) is 1.46. The maximum atomic E-state index is 11.7. The van der Waals surface area contributed by atoms with Crippen molar-refractivity contribution in [1.82, 2.24) is 14.5 Å². The van der Waals surface area contributed by atoms with Crippen molar-refractivity contribution in [2.75, 3.05) is 20.2 Å². The fourth-order valence-electron chi connectivity index (χ4n) is 3.02. The van der Waals surface area contributed by atoms with Crippen molar-refractivity contribution in [3.8, 4) is 0 Å². The number of aromatic nitrogens is 2. The topological polar surface area (TPSA) is 47.4 Å². The van der Waals surface area contributed by atoms with Crippen molar-refractivity contribution in [3.63, 3.8) is 0 Å². The van der Waals surface area contributed by atoms with Gasteiger partial charge in [0.05, 0.1) is 25.0 Å². The molecule has 0 N–H and O–H groups in total. The van der Waals surface area contributed by atoms with E-state index in [1.807, 2.05) is 12.5 Å². The molecule has 2 aliphatic rings. The van der Waals surface area contributed by atoms with Crippen LogP contribution in [0.15, 0.2) is 12.5 Å². The summed E-state index contributed by atoms with van der Waals surface area (Å²) in [5.74, 6) is 0.303. The van der Waals surface area contributed by atoms with Gasteiger partial charge >= 0.3 is 5.97 Å². The molecule has 5 nitrogen and oxygen atoms in total. The summed E-state index contributed by atoms with van der Waals surface area (Å²) in [4.78, 5) is 18.3. The normalized spacial score (nSPS) is 27.7. The van der Waals surface area contributed by atoms with Crippen LogP contribution >= 0.6 is 0 Å². The Hall–Kier alpha value is -1.36. The summed E-state index contributed by atoms with van der Waals surface area (Å²) in [6, 6.07) is 0.661. The van der Waals surface area contributed by atoms with Gasteiger partial charge in [-0.3, -0.25) is 9.69 Å². The highest BCUT2D eigenvalue weighted by molar-refractivity contribution is 5.73. The van der Waals surface area contributed by atoms with E-state index < -0.39 is 0 Å². The lowest BCUT2D eigenvalue weighted by Crippen LogP contribution is -2.25. The Morgan fingerprint density at radius 3 is 2.95 bits per heavy atom. The molecule has 3 rings (SSSR count). The first-order valence-corrected chi connectivity index (χ1v) is 7.00. The van der Waals surface area contributed by atoms with Gasteiger partial charge in [-0.1, -0.05) is 6.92 Å². The van der Waals surface area contributed by atoms with Crippen LogP contribution in [0.2, 0.25) is 0 Å². The molecule has 2 fully saturated rings. The fraction of sp³-hybridized carbons (Fsp3) is 0.714. The molecule has 1 saturated carbocycles. The molecule has 1 saturated heterocycles. The fourth-order valence-corrected chi connectivity index (χ4v) is 3.02. The third-order valence-electron chi connectivity index (χ3n) is 4.26. The number of carbonyl (C=O) groups is 1. The van der Waals surface area contributed by atoms with Gasteiger partial charge in [-0.15, -0.1) is 0 Å². The van der Waals surface area contributed by atoms with Gasteiger partial charge < -0.3 is 9.30 Å². The number of likely N-dealkylation sites (tertiary alicyclic amines) is 1. The first-order valence-electron chi connectivity index (χ1n) is 7.00. The van der Waals surface area contributed by atoms with Crippen molar-refractivity contribution in [2.24, 2.45) is 11.8 Å². The molecule has 2 atom stereocenters. The number of imidazole rings is 1. The second-order valence-electron chi connectivity index (χ2n) is 5.82. The average Bonchev–Trinajstić information content (AvgIpc) is 3.04. The number of nitrogens with zero attached hydrogens (tertiary/aromatic N) is 3. The largest absolute Gasteiger partial charge is 0.469 e. The van der Waals surface area contributed by atoms with E-state index in [0.717, 1.165) is 19.6 Å². The zero-order valence-electron chi connectivity index (χ0n) is 11.6. The van der Waals surface area contributed by atoms with E-state index in [1.165, 1.54) is 25.6 Å². The minimum absolute atomic E-state index is 0.0160. The number of methoxy groups -OCH3 is 1. The van der Waals surface area contributed by atoms with Gasteiger partial charge in [-0.2, -0.15) is 0 Å². The van der Waals surface area contributed by atoms with E-state index in [-0.39, 0.29) is 11.9 Å². The number of rotatable bonds is 4. The highest BCUT2D eigenvalue weighted by atomic mass is 16.5. The molecule has 5 heteroatoms. The number of esters is 1. The van der Waals surface area contributed by atoms with Crippen LogP contribution in [0, 0.1) is 11.8 Å². The molecule has 1 aliphatic carbocycles. The van der Waals surface area contributed by atoms with Crippen LogP contribution < -0.4 is 0 Å². The van der Waals surface area contributed by atoms with E-state index in [0.29, 0.717) is 12.0 Å². The van der Waals surface area contributed by atoms with Gasteiger partial charge in [0, 0.05) is 31.9 Å². The number of hydrogen-bond donors (Lipinski definition) is 0. The summed E-state index contributed by atoms with van der Waals surface area (Å²) in [6.45, 7) is 4.76. The smallest absolute Gasteiger partial charge is 0.310 e. The zero-order valence-corrected chi connectivity index (χ0v) is 11.6. The lowest BCUT2D eigenvalue weighted by atomic mass is 9.99. The molecule has 0 aromatic carbocycles. The van der Waals surface area contributed by atoms with E-state index in [2.05, 4.69) is 21.4 Å². The van der Waals surface area contributed by atoms with Crippen molar-refractivity contribution < 1.29 is 9.53 Å². The molecule has 1 aromatic heterocycles. The molecular weight excluding hydrogens is 242 g/mol. The zero-order chi connectivity index (χ0) is 13.4. The Bertz CT molecular complexity index is 467. The standard InChI is InChI=1S/C14H21N3O2/c1-10-6-16(8-13(10)14(18)19-2)7-12-5-15-9-17(12)11-3-4-11/h5,9-11,13H,3-4,6-8H2,1-2H3. The van der Waals surface area contributed by atoms with E-state index in [9.17, 15) is 4.79 Å². The van der Waals surface area contributed by atoms with Gasteiger partial charge in [0.25, 0.3) is 0 Å². The number of ether oxygens (including phenoxy) is 1. The second kappa shape index (κ2) is 4.96. The minimum atomic E-state index is -0.0781. The molecule has 19 heavy (non-hydrogen) atoms. The van der Waals surface area contributed by atoms with Gasteiger partial charge in [0.2, 0.25) is 0 Å². The predicted molar refractivity (Wildman–Crippen MR) is 70.4 cm³/mol. The summed E-state index contributed by atoms with van der Waals surface area (Å²) < 4.78 is 7.16. The van der Waals surface area contributed by atoms with Crippen LogP contribution in [0.3, 0.4) is 0 Å². The van der Waals surface area contributed by atoms with Crippen molar-refractivity contribution in [3.05, 3.63) is 18.2 Å². The Balaban J connectivity index is 1.64. The Morgan fingerprint density at radius 1 is 1.47 bits per heavy atom. The maximum Gasteiger partial charge on any atom is 0.310 e. The lowest BCUT2D eigenvalue weighted by Gasteiger charge is -2.16. The number of hydrogen-bond acceptors (Lipinski definition) is 4. The van der Waals surface area contributed by atoms with Gasteiger partial charge in [0.15, 0.2) is 0 Å². The van der Waals surface area contributed by atoms with Crippen molar-refractivity contribution in [1.29, 1.82) is 0 Å². The van der Waals surface area contributed by atoms with Crippen molar-refractivity contribution >= 4 is 5.97 Å². The second-order valence-corrected chi connectivity index (χ2v) is 5.82. The first-order chi connectivity index (χ1) is 9.19.